The number of para-hydroxylation sites is 1. The van der Waals surface area contributed by atoms with Gasteiger partial charge in [-0.2, -0.15) is 0 Å². The summed E-state index contributed by atoms with van der Waals surface area (Å²) in [6.45, 7) is 3.46. The summed E-state index contributed by atoms with van der Waals surface area (Å²) in [5.74, 6) is 0.244. The van der Waals surface area contributed by atoms with Gasteiger partial charge in [-0.1, -0.05) is 12.1 Å². The van der Waals surface area contributed by atoms with Gasteiger partial charge in [0.05, 0.1) is 5.60 Å². The minimum absolute atomic E-state index is 0.244. The lowest BCUT2D eigenvalue weighted by atomic mass is 9.89. The molecule has 0 amide bonds. The number of aliphatic hydroxyl groups excluding tert-OH is 2. The normalized spacial score (nSPS) is 29.5. The number of benzene rings is 1. The maximum absolute atomic E-state index is 11.5. The van der Waals surface area contributed by atoms with Crippen LogP contribution in [0, 0.1) is 0 Å². The van der Waals surface area contributed by atoms with Crippen LogP contribution in [0.15, 0.2) is 39.5 Å². The standard InChI is InChI=1S/C17H20O7/c1-17(2)15(21-3)12(19)13(20)16(24-17)22-10-6-4-5-9-7-8-11(18)23-14(9)10/h4-8,12-13,15-16,19-20H,1-3H3/t12-,13+,15-,16?/m1/s1. The van der Waals surface area contributed by atoms with Crippen molar-refractivity contribution >= 4 is 11.0 Å². The molecule has 3 rings (SSSR count). The molecule has 4 atom stereocenters. The van der Waals surface area contributed by atoms with Gasteiger partial charge in [-0.05, 0) is 26.0 Å². The van der Waals surface area contributed by atoms with Gasteiger partial charge >= 0.3 is 5.63 Å². The quantitative estimate of drug-likeness (QED) is 0.808. The minimum atomic E-state index is -1.33. The molecule has 1 saturated heterocycles. The zero-order valence-corrected chi connectivity index (χ0v) is 13.6. The summed E-state index contributed by atoms with van der Waals surface area (Å²) >= 11 is 0. The number of fused-ring (bicyclic) bond motifs is 1. The van der Waals surface area contributed by atoms with Crippen LogP contribution in [0.3, 0.4) is 0 Å². The van der Waals surface area contributed by atoms with Gasteiger partial charge in [-0.25, -0.2) is 4.79 Å². The molecule has 0 aliphatic carbocycles. The molecule has 1 aliphatic rings. The largest absolute Gasteiger partial charge is 0.458 e. The first-order valence-corrected chi connectivity index (χ1v) is 7.60. The second-order valence-corrected chi connectivity index (χ2v) is 6.27. The topological polar surface area (TPSA) is 98.4 Å². The molecule has 1 aliphatic heterocycles. The highest BCUT2D eigenvalue weighted by molar-refractivity contribution is 5.82. The minimum Gasteiger partial charge on any atom is -0.458 e. The first kappa shape index (κ1) is 16.9. The summed E-state index contributed by atoms with van der Waals surface area (Å²) in [4.78, 5) is 11.5. The van der Waals surface area contributed by atoms with E-state index in [1.54, 1.807) is 38.1 Å². The molecule has 2 heterocycles. The number of hydrogen-bond acceptors (Lipinski definition) is 7. The molecule has 0 bridgehead atoms. The predicted octanol–water partition coefficient (Wildman–Crippen LogP) is 1.04. The maximum atomic E-state index is 11.5. The van der Waals surface area contributed by atoms with Crippen LogP contribution in [0.4, 0.5) is 0 Å². The lowest BCUT2D eigenvalue weighted by Crippen LogP contribution is -2.63. The molecule has 0 saturated carbocycles. The van der Waals surface area contributed by atoms with Crippen molar-refractivity contribution in [3.05, 3.63) is 40.8 Å². The summed E-state index contributed by atoms with van der Waals surface area (Å²) < 4.78 is 21.9. The van der Waals surface area contributed by atoms with Crippen LogP contribution in [-0.2, 0) is 9.47 Å². The highest BCUT2D eigenvalue weighted by Crippen LogP contribution is 2.34. The Kier molecular flexibility index (Phi) is 4.35. The van der Waals surface area contributed by atoms with Crippen molar-refractivity contribution < 1.29 is 28.8 Å². The van der Waals surface area contributed by atoms with Crippen LogP contribution in [0.2, 0.25) is 0 Å². The molecular formula is C17H20O7. The van der Waals surface area contributed by atoms with E-state index in [4.69, 9.17) is 18.6 Å². The summed E-state index contributed by atoms with van der Waals surface area (Å²) in [6.07, 6.45) is -4.37. The van der Waals surface area contributed by atoms with E-state index in [1.165, 1.54) is 13.2 Å². The lowest BCUT2D eigenvalue weighted by molar-refractivity contribution is -0.305. The van der Waals surface area contributed by atoms with Crippen molar-refractivity contribution in [3.8, 4) is 5.75 Å². The molecule has 0 radical (unpaired) electrons. The van der Waals surface area contributed by atoms with E-state index in [0.717, 1.165) is 0 Å². The van der Waals surface area contributed by atoms with Gasteiger partial charge in [0, 0.05) is 18.6 Å². The molecule has 7 nitrogen and oxygen atoms in total. The number of ether oxygens (including phenoxy) is 3. The van der Waals surface area contributed by atoms with Gasteiger partial charge < -0.3 is 28.8 Å². The zero-order valence-electron chi connectivity index (χ0n) is 13.6. The summed E-state index contributed by atoms with van der Waals surface area (Å²) in [5, 5.41) is 21.2. The average molecular weight is 336 g/mol. The summed E-state index contributed by atoms with van der Waals surface area (Å²) in [6, 6.07) is 8.03. The Morgan fingerprint density at radius 3 is 2.58 bits per heavy atom. The SMILES string of the molecule is CO[C@@H]1[C@H](O)[C@H](O)C(Oc2cccc3ccc(=O)oc23)OC1(C)C. The number of hydrogen-bond donors (Lipinski definition) is 2. The Hall–Kier alpha value is -1.93. The Balaban J connectivity index is 1.94. The second kappa shape index (κ2) is 6.18. The summed E-state index contributed by atoms with van der Waals surface area (Å²) in [7, 11) is 1.44. The monoisotopic (exact) mass is 336 g/mol. The van der Waals surface area contributed by atoms with Crippen LogP contribution in [0.25, 0.3) is 11.0 Å². The smallest absolute Gasteiger partial charge is 0.336 e. The maximum Gasteiger partial charge on any atom is 0.336 e. The van der Waals surface area contributed by atoms with Crippen LogP contribution in [0.5, 0.6) is 5.75 Å². The molecule has 1 fully saturated rings. The highest BCUT2D eigenvalue weighted by atomic mass is 16.7. The third-order valence-electron chi connectivity index (χ3n) is 4.15. The van der Waals surface area contributed by atoms with E-state index >= 15 is 0 Å². The Labute approximate surface area is 138 Å². The Morgan fingerprint density at radius 2 is 1.88 bits per heavy atom. The van der Waals surface area contributed by atoms with Gasteiger partial charge in [0.1, 0.15) is 18.3 Å². The molecule has 0 spiro atoms. The molecule has 24 heavy (non-hydrogen) atoms. The average Bonchev–Trinajstić information content (AvgIpc) is 2.53. The van der Waals surface area contributed by atoms with Gasteiger partial charge in [-0.15, -0.1) is 0 Å². The number of aliphatic hydroxyl groups is 2. The van der Waals surface area contributed by atoms with E-state index in [-0.39, 0.29) is 11.3 Å². The first-order valence-electron chi connectivity index (χ1n) is 7.60. The fourth-order valence-electron chi connectivity index (χ4n) is 2.99. The van der Waals surface area contributed by atoms with Gasteiger partial charge in [0.25, 0.3) is 0 Å². The molecule has 2 aromatic rings. The molecule has 130 valence electrons. The van der Waals surface area contributed by atoms with E-state index in [1.807, 2.05) is 0 Å². The van der Waals surface area contributed by atoms with Crippen molar-refractivity contribution in [2.24, 2.45) is 0 Å². The third-order valence-corrected chi connectivity index (χ3v) is 4.15. The van der Waals surface area contributed by atoms with Gasteiger partial charge in [0.2, 0.25) is 6.29 Å². The zero-order chi connectivity index (χ0) is 17.5. The highest BCUT2D eigenvalue weighted by Gasteiger charge is 2.50. The lowest BCUT2D eigenvalue weighted by Gasteiger charge is -2.46. The van der Waals surface area contributed by atoms with Crippen molar-refractivity contribution in [1.29, 1.82) is 0 Å². The third kappa shape index (κ3) is 2.91. The predicted molar refractivity (Wildman–Crippen MR) is 84.9 cm³/mol. The van der Waals surface area contributed by atoms with E-state index < -0.39 is 35.8 Å². The van der Waals surface area contributed by atoms with Crippen molar-refractivity contribution in [1.82, 2.24) is 0 Å². The van der Waals surface area contributed by atoms with Crippen molar-refractivity contribution in [2.45, 2.75) is 44.1 Å². The molecule has 1 aromatic heterocycles. The van der Waals surface area contributed by atoms with Crippen LogP contribution in [-0.4, -0.2) is 47.5 Å². The van der Waals surface area contributed by atoms with E-state index in [0.29, 0.717) is 5.39 Å². The van der Waals surface area contributed by atoms with Crippen molar-refractivity contribution in [3.63, 3.8) is 0 Å². The number of rotatable bonds is 3. The van der Waals surface area contributed by atoms with Crippen molar-refractivity contribution in [2.75, 3.05) is 7.11 Å². The first-order chi connectivity index (χ1) is 11.3. The van der Waals surface area contributed by atoms with E-state index in [2.05, 4.69) is 0 Å². The second-order valence-electron chi connectivity index (χ2n) is 6.27. The fraction of sp³-hybridized carbons (Fsp3) is 0.471. The molecule has 7 heteroatoms. The molecular weight excluding hydrogens is 316 g/mol. The summed E-state index contributed by atoms with van der Waals surface area (Å²) in [5.41, 5.74) is -1.14. The fourth-order valence-corrected chi connectivity index (χ4v) is 2.99. The molecule has 2 N–H and O–H groups in total. The van der Waals surface area contributed by atoms with Crippen LogP contribution < -0.4 is 10.4 Å². The van der Waals surface area contributed by atoms with Crippen LogP contribution in [0.1, 0.15) is 13.8 Å². The van der Waals surface area contributed by atoms with Gasteiger partial charge in [-0.3, -0.25) is 0 Å². The van der Waals surface area contributed by atoms with E-state index in [9.17, 15) is 15.0 Å². The van der Waals surface area contributed by atoms with Crippen LogP contribution >= 0.6 is 0 Å². The molecule has 1 aromatic carbocycles. The van der Waals surface area contributed by atoms with Gasteiger partial charge in [0.15, 0.2) is 11.3 Å². The Morgan fingerprint density at radius 1 is 1.12 bits per heavy atom. The number of methoxy groups -OCH3 is 1. The Bertz CT molecular complexity index is 782. The molecule has 1 unspecified atom stereocenters.